The van der Waals surface area contributed by atoms with Crippen LogP contribution in [0.25, 0.3) is 5.69 Å². The molecule has 0 aliphatic carbocycles. The molecule has 0 bridgehead atoms. The molecule has 1 amide bonds. The molecule has 0 fully saturated rings. The predicted molar refractivity (Wildman–Crippen MR) is 79.7 cm³/mol. The van der Waals surface area contributed by atoms with Crippen LogP contribution >= 0.6 is 11.8 Å². The summed E-state index contributed by atoms with van der Waals surface area (Å²) in [4.78, 5) is 11.7. The number of aromatic nitrogens is 4. The van der Waals surface area contributed by atoms with Gasteiger partial charge in [0, 0.05) is 6.04 Å². The number of hydrogen-bond acceptors (Lipinski definition) is 6. The third kappa shape index (κ3) is 4.19. The van der Waals surface area contributed by atoms with Crippen molar-refractivity contribution in [2.75, 3.05) is 12.9 Å². The number of thioether (sulfide) groups is 1. The summed E-state index contributed by atoms with van der Waals surface area (Å²) in [6.45, 7) is 3.84. The van der Waals surface area contributed by atoms with Crippen molar-refractivity contribution in [3.63, 3.8) is 0 Å². The minimum Gasteiger partial charge on any atom is -0.497 e. The van der Waals surface area contributed by atoms with E-state index in [0.29, 0.717) is 5.16 Å². The van der Waals surface area contributed by atoms with Gasteiger partial charge in [0.1, 0.15) is 5.75 Å². The van der Waals surface area contributed by atoms with E-state index < -0.39 is 0 Å². The highest BCUT2D eigenvalue weighted by Crippen LogP contribution is 2.20. The lowest BCUT2D eigenvalue weighted by molar-refractivity contribution is -0.119. The van der Waals surface area contributed by atoms with E-state index in [9.17, 15) is 4.79 Å². The summed E-state index contributed by atoms with van der Waals surface area (Å²) in [7, 11) is 1.61. The number of rotatable bonds is 6. The van der Waals surface area contributed by atoms with Crippen molar-refractivity contribution in [1.29, 1.82) is 0 Å². The number of carbonyl (C=O) groups is 1. The molecule has 1 aromatic heterocycles. The highest BCUT2D eigenvalue weighted by atomic mass is 32.2. The molecule has 0 aliphatic heterocycles. The number of methoxy groups -OCH3 is 1. The van der Waals surface area contributed by atoms with Gasteiger partial charge in [-0.05, 0) is 48.5 Å². The van der Waals surface area contributed by atoms with E-state index >= 15 is 0 Å². The molecule has 8 heteroatoms. The number of hydrogen-bond donors (Lipinski definition) is 1. The second-order valence-corrected chi connectivity index (χ2v) is 5.52. The van der Waals surface area contributed by atoms with Gasteiger partial charge >= 0.3 is 0 Å². The van der Waals surface area contributed by atoms with Crippen LogP contribution in [-0.4, -0.2) is 45.0 Å². The first kappa shape index (κ1) is 15.3. The molecule has 0 atom stereocenters. The normalized spacial score (nSPS) is 10.7. The molecule has 0 spiro atoms. The van der Waals surface area contributed by atoms with Crippen molar-refractivity contribution >= 4 is 17.7 Å². The maximum absolute atomic E-state index is 11.7. The van der Waals surface area contributed by atoms with Gasteiger partial charge in [-0.1, -0.05) is 11.8 Å². The van der Waals surface area contributed by atoms with Crippen LogP contribution in [0.15, 0.2) is 29.4 Å². The molecule has 1 heterocycles. The largest absolute Gasteiger partial charge is 0.497 e. The topological polar surface area (TPSA) is 81.9 Å². The lowest BCUT2D eigenvalue weighted by atomic mass is 10.3. The monoisotopic (exact) mass is 307 g/mol. The average molecular weight is 307 g/mol. The fourth-order valence-electron chi connectivity index (χ4n) is 1.65. The second kappa shape index (κ2) is 7.07. The number of carbonyl (C=O) groups excluding carboxylic acids is 1. The number of benzene rings is 1. The quantitative estimate of drug-likeness (QED) is 0.810. The second-order valence-electron chi connectivity index (χ2n) is 4.58. The summed E-state index contributed by atoms with van der Waals surface area (Å²) in [6.07, 6.45) is 0. The molecule has 1 aromatic carbocycles. The molecular weight excluding hydrogens is 290 g/mol. The molecule has 1 N–H and O–H groups in total. The molecule has 0 unspecified atom stereocenters. The lowest BCUT2D eigenvalue weighted by Gasteiger charge is -2.08. The van der Waals surface area contributed by atoms with E-state index in [1.807, 2.05) is 38.1 Å². The van der Waals surface area contributed by atoms with Gasteiger partial charge in [0.15, 0.2) is 0 Å². The maximum Gasteiger partial charge on any atom is 0.230 e. The number of tetrazole rings is 1. The zero-order chi connectivity index (χ0) is 15.2. The Balaban J connectivity index is 2.05. The third-order valence-corrected chi connectivity index (χ3v) is 3.46. The van der Waals surface area contributed by atoms with Crippen LogP contribution in [0.3, 0.4) is 0 Å². The van der Waals surface area contributed by atoms with E-state index in [2.05, 4.69) is 20.8 Å². The highest BCUT2D eigenvalue weighted by molar-refractivity contribution is 7.99. The Kier molecular flexibility index (Phi) is 5.15. The first-order chi connectivity index (χ1) is 10.1. The van der Waals surface area contributed by atoms with E-state index in [1.54, 1.807) is 11.8 Å². The van der Waals surface area contributed by atoms with Gasteiger partial charge < -0.3 is 10.1 Å². The van der Waals surface area contributed by atoms with Crippen molar-refractivity contribution in [2.24, 2.45) is 0 Å². The number of amides is 1. The Bertz CT molecular complexity index is 597. The molecule has 0 radical (unpaired) electrons. The Morgan fingerprint density at radius 2 is 2.10 bits per heavy atom. The van der Waals surface area contributed by atoms with Crippen molar-refractivity contribution in [3.05, 3.63) is 24.3 Å². The van der Waals surface area contributed by atoms with Gasteiger partial charge in [0.25, 0.3) is 0 Å². The zero-order valence-corrected chi connectivity index (χ0v) is 12.9. The molecular formula is C13H17N5O2S. The molecule has 2 rings (SSSR count). The molecule has 2 aromatic rings. The molecule has 112 valence electrons. The van der Waals surface area contributed by atoms with Crippen LogP contribution in [0.4, 0.5) is 0 Å². The summed E-state index contributed by atoms with van der Waals surface area (Å²) in [5.41, 5.74) is 0.813. The van der Waals surface area contributed by atoms with Crippen LogP contribution in [0, 0.1) is 0 Å². The molecule has 0 saturated carbocycles. The SMILES string of the molecule is COc1ccc(-n2nnnc2SCC(=O)NC(C)C)cc1. The number of nitrogens with zero attached hydrogens (tertiary/aromatic N) is 4. The molecule has 0 saturated heterocycles. The Hall–Kier alpha value is -2.09. The van der Waals surface area contributed by atoms with Crippen molar-refractivity contribution in [3.8, 4) is 11.4 Å². The van der Waals surface area contributed by atoms with E-state index in [1.165, 1.54) is 11.8 Å². The Morgan fingerprint density at radius 1 is 1.38 bits per heavy atom. The summed E-state index contributed by atoms with van der Waals surface area (Å²) >= 11 is 1.29. The highest BCUT2D eigenvalue weighted by Gasteiger charge is 2.12. The van der Waals surface area contributed by atoms with E-state index in [-0.39, 0.29) is 17.7 Å². The first-order valence-electron chi connectivity index (χ1n) is 6.45. The average Bonchev–Trinajstić information content (AvgIpc) is 2.93. The minimum atomic E-state index is -0.0423. The lowest BCUT2D eigenvalue weighted by Crippen LogP contribution is -2.31. The predicted octanol–water partition coefficient (Wildman–Crippen LogP) is 1.29. The summed E-state index contributed by atoms with van der Waals surface area (Å²) in [6, 6.07) is 7.49. The number of nitrogens with one attached hydrogen (secondary N) is 1. The summed E-state index contributed by atoms with van der Waals surface area (Å²) in [5, 5.41) is 14.9. The van der Waals surface area contributed by atoms with Crippen LogP contribution in [0.2, 0.25) is 0 Å². The van der Waals surface area contributed by atoms with E-state index in [0.717, 1.165) is 11.4 Å². The van der Waals surface area contributed by atoms with Crippen LogP contribution in [0.5, 0.6) is 5.75 Å². The van der Waals surface area contributed by atoms with Gasteiger partial charge in [0.2, 0.25) is 11.1 Å². The summed E-state index contributed by atoms with van der Waals surface area (Å²) < 4.78 is 6.70. The van der Waals surface area contributed by atoms with Crippen molar-refractivity contribution in [2.45, 2.75) is 25.0 Å². The molecule has 7 nitrogen and oxygen atoms in total. The van der Waals surface area contributed by atoms with Crippen LogP contribution < -0.4 is 10.1 Å². The standard InChI is InChI=1S/C13H17N5O2S/c1-9(2)14-12(19)8-21-13-15-16-17-18(13)10-4-6-11(20-3)7-5-10/h4-7,9H,8H2,1-3H3,(H,14,19). The van der Waals surface area contributed by atoms with Crippen LogP contribution in [0.1, 0.15) is 13.8 Å². The molecule has 0 aliphatic rings. The Labute approximate surface area is 127 Å². The first-order valence-corrected chi connectivity index (χ1v) is 7.43. The zero-order valence-electron chi connectivity index (χ0n) is 12.1. The number of ether oxygens (including phenoxy) is 1. The third-order valence-electron chi connectivity index (χ3n) is 2.54. The van der Waals surface area contributed by atoms with Crippen LogP contribution in [-0.2, 0) is 4.79 Å². The van der Waals surface area contributed by atoms with Gasteiger partial charge in [-0.15, -0.1) is 5.10 Å². The van der Waals surface area contributed by atoms with Crippen molar-refractivity contribution < 1.29 is 9.53 Å². The minimum absolute atomic E-state index is 0.0423. The van der Waals surface area contributed by atoms with E-state index in [4.69, 9.17) is 4.74 Å². The fraction of sp³-hybridized carbons (Fsp3) is 0.385. The maximum atomic E-state index is 11.7. The van der Waals surface area contributed by atoms with Gasteiger partial charge in [-0.25, -0.2) is 0 Å². The fourth-order valence-corrected chi connectivity index (χ4v) is 2.35. The molecule has 21 heavy (non-hydrogen) atoms. The summed E-state index contributed by atoms with van der Waals surface area (Å²) in [5.74, 6) is 0.992. The smallest absolute Gasteiger partial charge is 0.230 e. The van der Waals surface area contributed by atoms with Gasteiger partial charge in [0.05, 0.1) is 18.6 Å². The Morgan fingerprint density at radius 3 is 2.71 bits per heavy atom. The van der Waals surface area contributed by atoms with Crippen molar-refractivity contribution in [1.82, 2.24) is 25.5 Å². The van der Waals surface area contributed by atoms with Gasteiger partial charge in [-0.2, -0.15) is 4.68 Å². The van der Waals surface area contributed by atoms with Gasteiger partial charge in [-0.3, -0.25) is 4.79 Å².